The average molecular weight is 919 g/mol. The Morgan fingerprint density at radius 2 is 0.597 bits per heavy atom. The zero-order valence-electron chi connectivity index (χ0n) is 39.3. The topological polar surface area (TPSA) is 32.3 Å². The van der Waals surface area contributed by atoms with Gasteiger partial charge >= 0.3 is 0 Å². The first-order valence-electron chi connectivity index (χ1n) is 24.5. The summed E-state index contributed by atoms with van der Waals surface area (Å²) >= 11 is 0. The Kier molecular flexibility index (Phi) is 10.8. The molecule has 0 radical (unpaired) electrons. The van der Waals surface area contributed by atoms with Crippen LogP contribution in [0.4, 0.5) is 34.1 Å². The molecule has 11 aromatic carbocycles. The number of benzene rings is 11. The normalized spacial score (nSPS) is 11.3. The van der Waals surface area contributed by atoms with Gasteiger partial charge in [-0.2, -0.15) is 0 Å². The summed E-state index contributed by atoms with van der Waals surface area (Å²) in [5, 5.41) is 6.92. The van der Waals surface area contributed by atoms with E-state index in [1.54, 1.807) is 0 Å². The highest BCUT2D eigenvalue weighted by molar-refractivity contribution is 6.24. The Morgan fingerprint density at radius 3 is 1.07 bits per heavy atom. The molecular formula is C68H46N4. The van der Waals surface area contributed by atoms with Gasteiger partial charge in [0.05, 0.1) is 11.0 Å². The van der Waals surface area contributed by atoms with E-state index in [1.807, 2.05) is 24.5 Å². The van der Waals surface area contributed by atoms with Gasteiger partial charge in [0.1, 0.15) is 0 Å². The molecule has 0 amide bonds. The molecule has 338 valence electrons. The highest BCUT2D eigenvalue weighted by Gasteiger charge is 2.23. The van der Waals surface area contributed by atoms with E-state index in [0.29, 0.717) is 0 Å². The molecule has 13 rings (SSSR count). The number of para-hydroxylation sites is 3. The second-order valence-electron chi connectivity index (χ2n) is 18.1. The lowest BCUT2D eigenvalue weighted by atomic mass is 9.82. The van der Waals surface area contributed by atoms with Gasteiger partial charge in [-0.15, -0.1) is 0 Å². The van der Waals surface area contributed by atoms with Gasteiger partial charge in [0.25, 0.3) is 0 Å². The quantitative estimate of drug-likeness (QED) is 0.128. The minimum atomic E-state index is 0.970. The zero-order valence-corrected chi connectivity index (χ0v) is 39.3. The molecule has 0 aliphatic rings. The van der Waals surface area contributed by atoms with Crippen LogP contribution < -0.4 is 9.80 Å². The summed E-state index contributed by atoms with van der Waals surface area (Å²) in [6, 6.07) is 96.1. The fraction of sp³-hybridized carbons (Fsp3) is 0. The number of hydrogen-bond donors (Lipinski definition) is 0. The molecule has 2 heterocycles. The van der Waals surface area contributed by atoms with Gasteiger partial charge in [0.2, 0.25) is 0 Å². The van der Waals surface area contributed by atoms with Crippen LogP contribution in [0.15, 0.2) is 279 Å². The van der Waals surface area contributed by atoms with Crippen molar-refractivity contribution >= 4 is 77.5 Å². The third-order valence-corrected chi connectivity index (χ3v) is 13.9. The van der Waals surface area contributed by atoms with Crippen molar-refractivity contribution in [2.45, 2.75) is 0 Å². The summed E-state index contributed by atoms with van der Waals surface area (Å²) in [4.78, 5) is 14.2. The highest BCUT2D eigenvalue weighted by atomic mass is 15.2. The maximum atomic E-state index is 4.79. The second-order valence-corrected chi connectivity index (χ2v) is 18.1. The van der Waals surface area contributed by atoms with Crippen molar-refractivity contribution in [1.29, 1.82) is 0 Å². The number of pyridine rings is 2. The predicted octanol–water partition coefficient (Wildman–Crippen LogP) is 18.7. The average Bonchev–Trinajstić information content (AvgIpc) is 3.45. The van der Waals surface area contributed by atoms with Gasteiger partial charge < -0.3 is 9.80 Å². The minimum absolute atomic E-state index is 0.970. The lowest BCUT2D eigenvalue weighted by Crippen LogP contribution is -2.12. The van der Waals surface area contributed by atoms with E-state index in [9.17, 15) is 0 Å². The van der Waals surface area contributed by atoms with Gasteiger partial charge in [0.15, 0.2) is 0 Å². The first-order valence-corrected chi connectivity index (χ1v) is 24.5. The molecule has 0 spiro atoms. The van der Waals surface area contributed by atoms with Crippen LogP contribution in [0.5, 0.6) is 0 Å². The van der Waals surface area contributed by atoms with Gasteiger partial charge in [0, 0.05) is 57.3 Å². The molecule has 0 aliphatic carbocycles. The number of hydrogen-bond acceptors (Lipinski definition) is 4. The number of fused-ring (bicyclic) bond motifs is 4. The molecule has 72 heavy (non-hydrogen) atoms. The van der Waals surface area contributed by atoms with Crippen molar-refractivity contribution in [3.05, 3.63) is 279 Å². The molecule has 13 aromatic rings. The van der Waals surface area contributed by atoms with Crippen molar-refractivity contribution in [3.63, 3.8) is 0 Å². The second kappa shape index (κ2) is 18.4. The summed E-state index contributed by atoms with van der Waals surface area (Å²) in [6.45, 7) is 0. The molecule has 0 saturated heterocycles. The van der Waals surface area contributed by atoms with Crippen LogP contribution in [0.3, 0.4) is 0 Å². The van der Waals surface area contributed by atoms with Crippen LogP contribution in [0.1, 0.15) is 0 Å². The Labute approximate surface area is 419 Å². The largest absolute Gasteiger partial charge is 0.311 e. The molecule has 0 bridgehead atoms. The van der Waals surface area contributed by atoms with E-state index in [2.05, 4.69) is 265 Å². The van der Waals surface area contributed by atoms with Crippen LogP contribution >= 0.6 is 0 Å². The van der Waals surface area contributed by atoms with Gasteiger partial charge in [-0.05, 0) is 163 Å². The molecule has 0 fully saturated rings. The Balaban J connectivity index is 1.06. The van der Waals surface area contributed by atoms with Crippen molar-refractivity contribution in [2.24, 2.45) is 0 Å². The molecular weight excluding hydrogens is 873 g/mol. The van der Waals surface area contributed by atoms with Crippen LogP contribution in [-0.2, 0) is 0 Å². The maximum absolute atomic E-state index is 4.79. The fourth-order valence-electron chi connectivity index (χ4n) is 10.6. The van der Waals surface area contributed by atoms with Crippen molar-refractivity contribution < 1.29 is 0 Å². The van der Waals surface area contributed by atoms with E-state index in [1.165, 1.54) is 32.8 Å². The van der Waals surface area contributed by atoms with Gasteiger partial charge in [-0.25, -0.2) is 0 Å². The summed E-state index contributed by atoms with van der Waals surface area (Å²) in [6.07, 6.45) is 3.75. The third-order valence-electron chi connectivity index (χ3n) is 13.9. The molecule has 0 N–H and O–H groups in total. The lowest BCUT2D eigenvalue weighted by Gasteiger charge is -2.29. The Bertz CT molecular complexity index is 4060. The van der Waals surface area contributed by atoms with Crippen LogP contribution in [-0.4, -0.2) is 9.97 Å². The standard InChI is InChI=1S/C68H46N4/c1-4-20-51(21-5-1)71(52-22-6-2-7-23-52)54-36-38-55(39-37-54)72(53-24-8-3-9-25-53)56-40-41-63-64(46-56)68(60-29-13-11-27-58(60)50-35-33-48-19-17-43-70-66(48)45-50)62-31-15-14-30-61(62)67(63)59-28-12-10-26-57(59)49-34-32-47-18-16-42-69-65(47)44-49/h1-46H. The predicted molar refractivity (Wildman–Crippen MR) is 303 cm³/mol. The molecule has 0 saturated carbocycles. The summed E-state index contributed by atoms with van der Waals surface area (Å²) in [7, 11) is 0. The molecule has 4 heteroatoms. The number of aromatic nitrogens is 2. The fourth-order valence-corrected chi connectivity index (χ4v) is 10.6. The molecule has 2 aromatic heterocycles. The Hall–Kier alpha value is -9.64. The zero-order chi connectivity index (χ0) is 47.8. The van der Waals surface area contributed by atoms with E-state index < -0.39 is 0 Å². The minimum Gasteiger partial charge on any atom is -0.311 e. The maximum Gasteiger partial charge on any atom is 0.0708 e. The lowest BCUT2D eigenvalue weighted by molar-refractivity contribution is 1.26. The van der Waals surface area contributed by atoms with E-state index in [4.69, 9.17) is 9.97 Å². The number of anilines is 6. The van der Waals surface area contributed by atoms with Crippen molar-refractivity contribution in [1.82, 2.24) is 9.97 Å². The van der Waals surface area contributed by atoms with E-state index >= 15 is 0 Å². The highest BCUT2D eigenvalue weighted by Crippen LogP contribution is 2.50. The molecule has 4 nitrogen and oxygen atoms in total. The monoisotopic (exact) mass is 918 g/mol. The Morgan fingerprint density at radius 1 is 0.236 bits per heavy atom. The van der Waals surface area contributed by atoms with Crippen LogP contribution in [0.2, 0.25) is 0 Å². The van der Waals surface area contributed by atoms with Crippen molar-refractivity contribution in [3.8, 4) is 44.5 Å². The SMILES string of the molecule is c1ccc(N(c2ccccc2)c2ccc(N(c3ccccc3)c3ccc4c(-c5ccccc5-c5ccc6cccnc6c5)c5ccccc5c(-c5ccccc5-c5ccc6cccnc6c5)c4c3)cc2)cc1. The van der Waals surface area contributed by atoms with Crippen LogP contribution in [0, 0.1) is 0 Å². The van der Waals surface area contributed by atoms with E-state index in [0.717, 1.165) is 89.1 Å². The first kappa shape index (κ1) is 42.5. The smallest absolute Gasteiger partial charge is 0.0708 e. The molecule has 0 aliphatic heterocycles. The molecule has 0 unspecified atom stereocenters. The van der Waals surface area contributed by atoms with E-state index in [-0.39, 0.29) is 0 Å². The van der Waals surface area contributed by atoms with Gasteiger partial charge in [-0.1, -0.05) is 170 Å². The first-order chi connectivity index (χ1) is 35.7. The van der Waals surface area contributed by atoms with Crippen LogP contribution in [0.25, 0.3) is 87.9 Å². The third kappa shape index (κ3) is 7.68. The van der Waals surface area contributed by atoms with Crippen molar-refractivity contribution in [2.75, 3.05) is 9.80 Å². The molecule has 0 atom stereocenters. The summed E-state index contributed by atoms with van der Waals surface area (Å²) < 4.78 is 0. The van der Waals surface area contributed by atoms with Gasteiger partial charge in [-0.3, -0.25) is 9.97 Å². The number of nitrogens with zero attached hydrogens (tertiary/aromatic N) is 4. The summed E-state index contributed by atoms with van der Waals surface area (Å²) in [5.41, 5.74) is 17.6. The number of rotatable bonds is 10. The summed E-state index contributed by atoms with van der Waals surface area (Å²) in [5.74, 6) is 0.